The molecule has 0 bridgehead atoms. The Morgan fingerprint density at radius 2 is 1.95 bits per heavy atom. The fourth-order valence-electron chi connectivity index (χ4n) is 2.24. The lowest BCUT2D eigenvalue weighted by molar-refractivity contribution is -0.0527. The molecular formula is C18H28O2. The Morgan fingerprint density at radius 3 is 2.60 bits per heavy atom. The minimum Gasteiger partial charge on any atom is -0.390 e. The maximum atomic E-state index is 10.3. The van der Waals surface area contributed by atoms with Crippen molar-refractivity contribution in [2.75, 3.05) is 0 Å². The van der Waals surface area contributed by atoms with Gasteiger partial charge in [0.15, 0.2) is 0 Å². The summed E-state index contributed by atoms with van der Waals surface area (Å²) < 4.78 is 5.92. The van der Waals surface area contributed by atoms with E-state index in [1.807, 2.05) is 36.4 Å². The van der Waals surface area contributed by atoms with Crippen LogP contribution in [-0.2, 0) is 11.3 Å². The SMILES string of the molecule is C=CCC[C@@H](OCc1ccccc1)[C@H](O)CCCCC. The lowest BCUT2D eigenvalue weighted by Gasteiger charge is -2.23. The van der Waals surface area contributed by atoms with Gasteiger partial charge in [0.05, 0.1) is 18.8 Å². The molecule has 20 heavy (non-hydrogen) atoms. The standard InChI is InChI=1S/C18H28O2/c1-3-5-8-13-17(19)18(14-6-4-2)20-15-16-11-9-7-10-12-16/h4,7,9-12,17-19H,2-3,5-6,8,13-15H2,1H3/t17-,18-/m1/s1. The summed E-state index contributed by atoms with van der Waals surface area (Å²) >= 11 is 0. The average molecular weight is 276 g/mol. The maximum Gasteiger partial charge on any atom is 0.0841 e. The summed E-state index contributed by atoms with van der Waals surface area (Å²) in [5.74, 6) is 0. The van der Waals surface area contributed by atoms with Crippen LogP contribution in [0.1, 0.15) is 51.0 Å². The highest BCUT2D eigenvalue weighted by Crippen LogP contribution is 2.16. The first-order valence-electron chi connectivity index (χ1n) is 7.72. The van der Waals surface area contributed by atoms with Crippen molar-refractivity contribution in [3.63, 3.8) is 0 Å². The zero-order valence-corrected chi connectivity index (χ0v) is 12.6. The Kier molecular flexibility index (Phi) is 9.01. The van der Waals surface area contributed by atoms with E-state index in [1.165, 1.54) is 12.8 Å². The van der Waals surface area contributed by atoms with Gasteiger partial charge < -0.3 is 9.84 Å². The smallest absolute Gasteiger partial charge is 0.0841 e. The number of hydrogen-bond donors (Lipinski definition) is 1. The Hall–Kier alpha value is -1.12. The molecule has 0 unspecified atom stereocenters. The van der Waals surface area contributed by atoms with Gasteiger partial charge in [-0.3, -0.25) is 0 Å². The van der Waals surface area contributed by atoms with Crippen LogP contribution >= 0.6 is 0 Å². The molecule has 1 N–H and O–H groups in total. The van der Waals surface area contributed by atoms with Gasteiger partial charge in [0.25, 0.3) is 0 Å². The molecule has 0 radical (unpaired) electrons. The molecule has 2 atom stereocenters. The van der Waals surface area contributed by atoms with E-state index in [0.29, 0.717) is 6.61 Å². The predicted octanol–water partition coefficient (Wildman–Crippen LogP) is 4.48. The van der Waals surface area contributed by atoms with Crippen LogP contribution in [0.5, 0.6) is 0 Å². The minimum absolute atomic E-state index is 0.0925. The third kappa shape index (κ3) is 6.88. The second kappa shape index (κ2) is 10.6. The Morgan fingerprint density at radius 1 is 1.20 bits per heavy atom. The first-order valence-corrected chi connectivity index (χ1v) is 7.72. The van der Waals surface area contributed by atoms with Crippen LogP contribution in [-0.4, -0.2) is 17.3 Å². The highest BCUT2D eigenvalue weighted by atomic mass is 16.5. The van der Waals surface area contributed by atoms with Gasteiger partial charge in [-0.15, -0.1) is 6.58 Å². The normalized spacial score (nSPS) is 13.9. The molecule has 112 valence electrons. The second-order valence-corrected chi connectivity index (χ2v) is 5.26. The minimum atomic E-state index is -0.370. The third-order valence-electron chi connectivity index (χ3n) is 3.49. The molecule has 0 saturated carbocycles. The van der Waals surface area contributed by atoms with E-state index in [-0.39, 0.29) is 12.2 Å². The molecular weight excluding hydrogens is 248 g/mol. The molecule has 0 aliphatic rings. The molecule has 1 rings (SSSR count). The van der Waals surface area contributed by atoms with Crippen molar-refractivity contribution in [2.24, 2.45) is 0 Å². The van der Waals surface area contributed by atoms with Gasteiger partial charge in [-0.05, 0) is 24.8 Å². The number of allylic oxidation sites excluding steroid dienone is 1. The molecule has 1 aromatic rings. The van der Waals surface area contributed by atoms with Gasteiger partial charge in [0.1, 0.15) is 0 Å². The van der Waals surface area contributed by atoms with Crippen LogP contribution in [0.25, 0.3) is 0 Å². The maximum absolute atomic E-state index is 10.3. The molecule has 0 aliphatic heterocycles. The van der Waals surface area contributed by atoms with Crippen molar-refractivity contribution in [3.05, 3.63) is 48.6 Å². The van der Waals surface area contributed by atoms with Crippen LogP contribution < -0.4 is 0 Å². The highest BCUT2D eigenvalue weighted by Gasteiger charge is 2.18. The van der Waals surface area contributed by atoms with Crippen LogP contribution in [0.15, 0.2) is 43.0 Å². The quantitative estimate of drug-likeness (QED) is 0.477. The molecule has 2 nitrogen and oxygen atoms in total. The molecule has 0 heterocycles. The summed E-state index contributed by atoms with van der Waals surface area (Å²) in [6, 6.07) is 10.1. The van der Waals surface area contributed by atoms with Crippen LogP contribution in [0, 0.1) is 0 Å². The highest BCUT2D eigenvalue weighted by molar-refractivity contribution is 5.13. The Labute approximate surface area is 123 Å². The largest absolute Gasteiger partial charge is 0.390 e. The van der Waals surface area contributed by atoms with Crippen molar-refractivity contribution in [1.82, 2.24) is 0 Å². The van der Waals surface area contributed by atoms with E-state index < -0.39 is 0 Å². The summed E-state index contributed by atoms with van der Waals surface area (Å²) in [5.41, 5.74) is 1.15. The van der Waals surface area contributed by atoms with E-state index >= 15 is 0 Å². The van der Waals surface area contributed by atoms with E-state index in [4.69, 9.17) is 4.74 Å². The van der Waals surface area contributed by atoms with Gasteiger partial charge in [0, 0.05) is 0 Å². The van der Waals surface area contributed by atoms with Crippen LogP contribution in [0.3, 0.4) is 0 Å². The molecule has 0 spiro atoms. The first kappa shape index (κ1) is 16.9. The lowest BCUT2D eigenvalue weighted by Crippen LogP contribution is -2.29. The second-order valence-electron chi connectivity index (χ2n) is 5.26. The molecule has 2 heteroatoms. The van der Waals surface area contributed by atoms with Crippen molar-refractivity contribution in [3.8, 4) is 0 Å². The number of benzene rings is 1. The van der Waals surface area contributed by atoms with Gasteiger partial charge in [-0.25, -0.2) is 0 Å². The summed E-state index contributed by atoms with van der Waals surface area (Å²) in [6.45, 7) is 6.49. The zero-order chi connectivity index (χ0) is 14.6. The van der Waals surface area contributed by atoms with Crippen molar-refractivity contribution in [2.45, 2.75) is 64.3 Å². The summed E-state index contributed by atoms with van der Waals surface area (Å²) in [4.78, 5) is 0. The van der Waals surface area contributed by atoms with E-state index in [0.717, 1.165) is 31.2 Å². The van der Waals surface area contributed by atoms with E-state index in [2.05, 4.69) is 13.5 Å². The van der Waals surface area contributed by atoms with Crippen LogP contribution in [0.2, 0.25) is 0 Å². The summed E-state index contributed by atoms with van der Waals surface area (Å²) in [5, 5.41) is 10.3. The lowest BCUT2D eigenvalue weighted by atomic mass is 10.0. The van der Waals surface area contributed by atoms with E-state index in [9.17, 15) is 5.11 Å². The van der Waals surface area contributed by atoms with Gasteiger partial charge in [-0.2, -0.15) is 0 Å². The monoisotopic (exact) mass is 276 g/mol. The number of rotatable bonds is 11. The van der Waals surface area contributed by atoms with Gasteiger partial charge in [-0.1, -0.05) is 62.6 Å². The molecule has 0 amide bonds. The third-order valence-corrected chi connectivity index (χ3v) is 3.49. The predicted molar refractivity (Wildman–Crippen MR) is 84.6 cm³/mol. The molecule has 1 aromatic carbocycles. The van der Waals surface area contributed by atoms with Crippen molar-refractivity contribution in [1.29, 1.82) is 0 Å². The zero-order valence-electron chi connectivity index (χ0n) is 12.6. The Balaban J connectivity index is 2.43. The molecule has 0 aromatic heterocycles. The molecule has 0 saturated heterocycles. The molecule has 0 aliphatic carbocycles. The van der Waals surface area contributed by atoms with Gasteiger partial charge in [0.2, 0.25) is 0 Å². The number of aliphatic hydroxyl groups excluding tert-OH is 1. The summed E-state index contributed by atoms with van der Waals surface area (Å²) in [7, 11) is 0. The number of aliphatic hydroxyl groups is 1. The topological polar surface area (TPSA) is 29.5 Å². The Bertz CT molecular complexity index is 348. The van der Waals surface area contributed by atoms with Crippen molar-refractivity contribution >= 4 is 0 Å². The summed E-state index contributed by atoms with van der Waals surface area (Å²) in [6.07, 6.45) is 7.38. The van der Waals surface area contributed by atoms with E-state index in [1.54, 1.807) is 0 Å². The average Bonchev–Trinajstić information content (AvgIpc) is 2.48. The number of hydrogen-bond acceptors (Lipinski definition) is 2. The van der Waals surface area contributed by atoms with Gasteiger partial charge >= 0.3 is 0 Å². The first-order chi connectivity index (χ1) is 9.77. The van der Waals surface area contributed by atoms with Crippen LogP contribution in [0.4, 0.5) is 0 Å². The number of unbranched alkanes of at least 4 members (excludes halogenated alkanes) is 2. The number of ether oxygens (including phenoxy) is 1. The van der Waals surface area contributed by atoms with Crippen molar-refractivity contribution < 1.29 is 9.84 Å². The fraction of sp³-hybridized carbons (Fsp3) is 0.556. The molecule has 0 fully saturated rings. The fourth-order valence-corrected chi connectivity index (χ4v) is 2.24.